The molecule has 2 aromatic rings. The molecule has 0 bridgehead atoms. The number of nitrogens with two attached hydrogens (primary N) is 1. The molecule has 0 heterocycles. The third-order valence-electron chi connectivity index (χ3n) is 4.42. The Balaban J connectivity index is 2.43. The maximum atomic E-state index is 11.5. The molecule has 7 heteroatoms. The van der Waals surface area contributed by atoms with E-state index >= 15 is 0 Å². The Bertz CT molecular complexity index is 908. The van der Waals surface area contributed by atoms with Crippen LogP contribution < -0.4 is 5.84 Å². The van der Waals surface area contributed by atoms with E-state index < -0.39 is 16.1 Å². The van der Waals surface area contributed by atoms with E-state index in [9.17, 15) is 13.5 Å². The average molecular weight is 424 g/mol. The summed E-state index contributed by atoms with van der Waals surface area (Å²) in [6.07, 6.45) is 3.92. The van der Waals surface area contributed by atoms with Crippen LogP contribution in [0.15, 0.2) is 48.5 Å². The molecule has 3 N–H and O–H groups in total. The van der Waals surface area contributed by atoms with Gasteiger partial charge in [0.15, 0.2) is 9.84 Å². The van der Waals surface area contributed by atoms with Gasteiger partial charge in [-0.2, -0.15) is 0 Å². The van der Waals surface area contributed by atoms with Crippen LogP contribution in [0.5, 0.6) is 0 Å². The monoisotopic (exact) mass is 423 g/mol. The van der Waals surface area contributed by atoms with E-state index in [2.05, 4.69) is 6.92 Å². The number of unbranched alkanes of at least 4 members (excludes halogenated alkanes) is 2. The van der Waals surface area contributed by atoms with E-state index in [1.165, 1.54) is 10.9 Å². The number of halogens is 1. The highest BCUT2D eigenvalue weighted by atomic mass is 35.5. The molecule has 0 spiro atoms. The van der Waals surface area contributed by atoms with E-state index in [1.54, 1.807) is 24.3 Å². The van der Waals surface area contributed by atoms with Crippen molar-refractivity contribution in [1.29, 1.82) is 0 Å². The molecule has 2 rings (SSSR count). The number of aliphatic hydroxyl groups excluding tert-OH is 1. The Morgan fingerprint density at radius 1 is 1.07 bits per heavy atom. The Kier molecular flexibility index (Phi) is 8.04. The maximum absolute atomic E-state index is 11.5. The molecule has 2 aromatic carbocycles. The van der Waals surface area contributed by atoms with Crippen LogP contribution in [-0.2, 0) is 15.6 Å². The summed E-state index contributed by atoms with van der Waals surface area (Å²) < 4.78 is 24.4. The van der Waals surface area contributed by atoms with Crippen molar-refractivity contribution in [2.45, 2.75) is 44.6 Å². The summed E-state index contributed by atoms with van der Waals surface area (Å²) in [5.41, 5.74) is 2.97. The second-order valence-corrected chi connectivity index (χ2v) is 9.58. The fourth-order valence-electron chi connectivity index (χ4n) is 3.00. The molecule has 5 nitrogen and oxygen atoms in total. The average Bonchev–Trinajstić information content (AvgIpc) is 2.63. The highest BCUT2D eigenvalue weighted by Gasteiger charge is 2.24. The quantitative estimate of drug-likeness (QED) is 0.161. The fraction of sp³-hybridized carbons (Fsp3) is 0.381. The third kappa shape index (κ3) is 6.62. The van der Waals surface area contributed by atoms with E-state index in [4.69, 9.17) is 17.4 Å². The van der Waals surface area contributed by atoms with Crippen molar-refractivity contribution in [1.82, 2.24) is 0 Å². The first-order chi connectivity index (χ1) is 13.2. The molecular formula is C21H28ClN2O3S+. The van der Waals surface area contributed by atoms with Gasteiger partial charge in [0.05, 0.1) is 5.75 Å². The van der Waals surface area contributed by atoms with Gasteiger partial charge >= 0.3 is 0 Å². The molecule has 0 radical (unpaired) electrons. The number of aliphatic hydroxyl groups is 1. The van der Waals surface area contributed by atoms with Crippen molar-refractivity contribution in [3.05, 3.63) is 70.2 Å². The second kappa shape index (κ2) is 10.0. The first-order valence-electron chi connectivity index (χ1n) is 9.33. The second-order valence-electron chi connectivity index (χ2n) is 7.01. The molecule has 0 aliphatic heterocycles. The summed E-state index contributed by atoms with van der Waals surface area (Å²) in [4.78, 5) is 0. The van der Waals surface area contributed by atoms with Crippen molar-refractivity contribution in [2.75, 3.05) is 6.26 Å². The minimum Gasteiger partial charge on any atom is -0.335 e. The highest BCUT2D eigenvalue weighted by molar-refractivity contribution is 7.89. The molecular weight excluding hydrogens is 396 g/mol. The third-order valence-corrected chi connectivity index (χ3v) is 5.53. The molecule has 0 aliphatic carbocycles. The zero-order chi connectivity index (χ0) is 20.7. The summed E-state index contributed by atoms with van der Waals surface area (Å²) in [6, 6.07) is 14.4. The van der Waals surface area contributed by atoms with Gasteiger partial charge in [-0.05, 0) is 48.4 Å². The van der Waals surface area contributed by atoms with Crippen LogP contribution in [0.25, 0.3) is 0 Å². The smallest absolute Gasteiger partial charge is 0.283 e. The number of hydrazone groups is 1. The van der Waals surface area contributed by atoms with Crippen LogP contribution in [-0.4, -0.2) is 36.4 Å². The van der Waals surface area contributed by atoms with Crippen LogP contribution >= 0.6 is 11.6 Å². The first-order valence-corrected chi connectivity index (χ1v) is 11.8. The predicted octanol–water partition coefficient (Wildman–Crippen LogP) is 3.51. The zero-order valence-corrected chi connectivity index (χ0v) is 17.9. The molecule has 0 aromatic heterocycles. The molecule has 0 saturated carbocycles. The lowest BCUT2D eigenvalue weighted by Crippen LogP contribution is -2.38. The van der Waals surface area contributed by atoms with Crippen LogP contribution in [0.2, 0.25) is 5.02 Å². The van der Waals surface area contributed by atoms with Crippen LogP contribution in [0.1, 0.15) is 49.3 Å². The number of rotatable bonds is 9. The van der Waals surface area contributed by atoms with Crippen molar-refractivity contribution >= 4 is 27.1 Å². The van der Waals surface area contributed by atoms with Gasteiger partial charge in [0.2, 0.25) is 5.71 Å². The summed E-state index contributed by atoms with van der Waals surface area (Å²) in [7, 11) is -3.11. The lowest BCUT2D eigenvalue weighted by atomic mass is 10.0. The van der Waals surface area contributed by atoms with Crippen LogP contribution in [0, 0.1) is 0 Å². The van der Waals surface area contributed by atoms with E-state index in [0.29, 0.717) is 22.7 Å². The van der Waals surface area contributed by atoms with Gasteiger partial charge in [-0.15, -0.1) is 0 Å². The van der Waals surface area contributed by atoms with E-state index in [0.717, 1.165) is 30.4 Å². The molecule has 0 fully saturated rings. The normalized spacial score (nSPS) is 13.9. The number of hydrogen-bond acceptors (Lipinski definition) is 4. The summed E-state index contributed by atoms with van der Waals surface area (Å²) in [5.74, 6) is 6.28. The Labute approximate surface area is 172 Å². The number of nitrogens with zero attached hydrogens (tertiary/aromatic N) is 1. The van der Waals surface area contributed by atoms with Gasteiger partial charge in [-0.3, -0.25) is 0 Å². The van der Waals surface area contributed by atoms with Crippen molar-refractivity contribution in [2.24, 2.45) is 5.84 Å². The number of benzene rings is 2. The zero-order valence-electron chi connectivity index (χ0n) is 16.3. The standard InChI is InChI=1S/C21H28ClN2O3S/c1-3-4-5-6-20(25)24(23)21(18-11-13-19(22)14-12-18)17-9-7-16(8-10-17)15-28(2,26)27/h7-14,20,25H,3-6,15,23H2,1-2H3/q+1. The molecule has 28 heavy (non-hydrogen) atoms. The molecule has 0 amide bonds. The lowest BCUT2D eigenvalue weighted by Gasteiger charge is -2.12. The summed E-state index contributed by atoms with van der Waals surface area (Å²) in [5, 5.41) is 11.2. The largest absolute Gasteiger partial charge is 0.335 e. The van der Waals surface area contributed by atoms with Gasteiger partial charge in [-0.25, -0.2) is 14.3 Å². The molecule has 0 aliphatic rings. The molecule has 1 unspecified atom stereocenters. The Morgan fingerprint density at radius 3 is 2.11 bits per heavy atom. The van der Waals surface area contributed by atoms with E-state index in [-0.39, 0.29) is 5.75 Å². The van der Waals surface area contributed by atoms with Gasteiger partial charge in [0.25, 0.3) is 6.23 Å². The summed E-state index contributed by atoms with van der Waals surface area (Å²) >= 11 is 6.01. The SMILES string of the molecule is CCCCCC(O)[N+](N)=C(c1ccc(Cl)cc1)c1ccc(CS(C)(=O)=O)cc1. The number of sulfone groups is 1. The Morgan fingerprint density at radius 2 is 1.61 bits per heavy atom. The fourth-order valence-corrected chi connectivity index (χ4v) is 3.92. The molecule has 1 atom stereocenters. The van der Waals surface area contributed by atoms with Crippen LogP contribution in [0.4, 0.5) is 0 Å². The van der Waals surface area contributed by atoms with Gasteiger partial charge in [-0.1, -0.05) is 48.2 Å². The van der Waals surface area contributed by atoms with Crippen molar-refractivity contribution in [3.63, 3.8) is 0 Å². The summed E-state index contributed by atoms with van der Waals surface area (Å²) in [6.45, 7) is 2.11. The van der Waals surface area contributed by atoms with Gasteiger partial charge < -0.3 is 5.11 Å². The van der Waals surface area contributed by atoms with E-state index in [1.807, 2.05) is 24.3 Å². The minimum absolute atomic E-state index is 0.0183. The van der Waals surface area contributed by atoms with Crippen molar-refractivity contribution < 1.29 is 18.2 Å². The topological polar surface area (TPSA) is 83.4 Å². The molecule has 0 saturated heterocycles. The van der Waals surface area contributed by atoms with Gasteiger partial charge in [0.1, 0.15) is 0 Å². The van der Waals surface area contributed by atoms with Crippen molar-refractivity contribution in [3.8, 4) is 0 Å². The lowest BCUT2D eigenvalue weighted by molar-refractivity contribution is -0.619. The Hall–Kier alpha value is -1.89. The first kappa shape index (κ1) is 22.4. The predicted molar refractivity (Wildman–Crippen MR) is 114 cm³/mol. The number of hydrazine groups is 1. The molecule has 152 valence electrons. The van der Waals surface area contributed by atoms with Crippen LogP contribution in [0.3, 0.4) is 0 Å². The highest BCUT2D eigenvalue weighted by Crippen LogP contribution is 2.17. The van der Waals surface area contributed by atoms with Gasteiger partial charge in [0, 0.05) is 28.8 Å². The number of hydrogen-bond donors (Lipinski definition) is 2. The maximum Gasteiger partial charge on any atom is 0.283 e. The minimum atomic E-state index is -3.11.